The summed E-state index contributed by atoms with van der Waals surface area (Å²) >= 11 is 0. The molecule has 0 saturated heterocycles. The standard InChI is InChI=1S/C20H30O/c1-14-7-10-20-12-15(14)11-16(20)5-6-17-18(2,13-21)8-4-9-19(17,20)3/h13,15-17H,1,4-12H2,2-3H3/t15-,16-,17-,18+,19-,20+/m0/s1. The topological polar surface area (TPSA) is 17.1 Å². The minimum Gasteiger partial charge on any atom is -0.303 e. The van der Waals surface area contributed by atoms with Gasteiger partial charge in [-0.1, -0.05) is 32.4 Å². The van der Waals surface area contributed by atoms with Crippen LogP contribution in [-0.2, 0) is 4.79 Å². The Morgan fingerprint density at radius 2 is 2.00 bits per heavy atom. The van der Waals surface area contributed by atoms with Crippen molar-refractivity contribution in [1.82, 2.24) is 0 Å². The molecule has 4 aliphatic carbocycles. The molecule has 1 spiro atoms. The fraction of sp³-hybridized carbons (Fsp3) is 0.850. The Hall–Kier alpha value is -0.590. The van der Waals surface area contributed by atoms with E-state index in [4.69, 9.17) is 0 Å². The van der Waals surface area contributed by atoms with Gasteiger partial charge in [0.05, 0.1) is 0 Å². The van der Waals surface area contributed by atoms with Gasteiger partial charge in [0.15, 0.2) is 0 Å². The maximum atomic E-state index is 11.9. The van der Waals surface area contributed by atoms with Gasteiger partial charge in [-0.3, -0.25) is 0 Å². The molecule has 4 rings (SSSR count). The second kappa shape index (κ2) is 4.24. The molecule has 0 aliphatic heterocycles. The van der Waals surface area contributed by atoms with Gasteiger partial charge in [0.25, 0.3) is 0 Å². The summed E-state index contributed by atoms with van der Waals surface area (Å²) in [6.07, 6.45) is 13.1. The Bertz CT molecular complexity index is 494. The van der Waals surface area contributed by atoms with E-state index in [1.807, 2.05) is 0 Å². The lowest BCUT2D eigenvalue weighted by molar-refractivity contribution is -0.164. The molecule has 0 radical (unpaired) electrons. The Morgan fingerprint density at radius 1 is 1.19 bits per heavy atom. The fourth-order valence-corrected chi connectivity index (χ4v) is 7.51. The van der Waals surface area contributed by atoms with E-state index in [1.165, 1.54) is 63.2 Å². The van der Waals surface area contributed by atoms with E-state index in [0.29, 0.717) is 16.7 Å². The third-order valence-corrected chi connectivity index (χ3v) is 8.62. The molecular formula is C20H30O. The average Bonchev–Trinajstić information content (AvgIpc) is 2.79. The maximum absolute atomic E-state index is 11.9. The molecule has 0 N–H and O–H groups in total. The minimum atomic E-state index is -0.0563. The average molecular weight is 286 g/mol. The van der Waals surface area contributed by atoms with Gasteiger partial charge in [-0.05, 0) is 80.0 Å². The van der Waals surface area contributed by atoms with Gasteiger partial charge < -0.3 is 4.79 Å². The Labute approximate surface area is 129 Å². The largest absolute Gasteiger partial charge is 0.303 e. The summed E-state index contributed by atoms with van der Waals surface area (Å²) < 4.78 is 0. The molecule has 0 aromatic heterocycles. The molecule has 0 amide bonds. The van der Waals surface area contributed by atoms with Gasteiger partial charge in [0.2, 0.25) is 0 Å². The summed E-state index contributed by atoms with van der Waals surface area (Å²) in [5, 5.41) is 0. The molecular weight excluding hydrogens is 256 g/mol. The molecule has 116 valence electrons. The Balaban J connectivity index is 1.79. The highest BCUT2D eigenvalue weighted by Crippen LogP contribution is 2.74. The van der Waals surface area contributed by atoms with Crippen LogP contribution in [0.3, 0.4) is 0 Å². The first-order chi connectivity index (χ1) is 9.95. The first-order valence-electron chi connectivity index (χ1n) is 9.09. The van der Waals surface area contributed by atoms with Crippen molar-refractivity contribution >= 4 is 6.29 Å². The summed E-state index contributed by atoms with van der Waals surface area (Å²) in [4.78, 5) is 11.9. The minimum absolute atomic E-state index is 0.0563. The van der Waals surface area contributed by atoms with Gasteiger partial charge in [-0.2, -0.15) is 0 Å². The SMILES string of the molecule is C=C1CC[C@@]23C[C@@H]1C[C@@H]2CC[C@H]1[C@@](C)(C=O)CCC[C@@]13C. The summed E-state index contributed by atoms with van der Waals surface area (Å²) in [5.41, 5.74) is 2.41. The van der Waals surface area contributed by atoms with Crippen LogP contribution in [0.4, 0.5) is 0 Å². The highest BCUT2D eigenvalue weighted by molar-refractivity contribution is 5.60. The van der Waals surface area contributed by atoms with Crippen molar-refractivity contribution in [1.29, 1.82) is 0 Å². The molecule has 0 unspecified atom stereocenters. The van der Waals surface area contributed by atoms with Crippen molar-refractivity contribution in [3.63, 3.8) is 0 Å². The molecule has 4 fully saturated rings. The van der Waals surface area contributed by atoms with Gasteiger partial charge in [-0.25, -0.2) is 0 Å². The molecule has 0 aromatic carbocycles. The predicted molar refractivity (Wildman–Crippen MR) is 85.9 cm³/mol. The summed E-state index contributed by atoms with van der Waals surface area (Å²) in [5.74, 6) is 2.33. The predicted octanol–water partition coefficient (Wildman–Crippen LogP) is 5.15. The van der Waals surface area contributed by atoms with Crippen molar-refractivity contribution in [2.45, 2.75) is 71.6 Å². The van der Waals surface area contributed by atoms with E-state index in [-0.39, 0.29) is 5.41 Å². The van der Waals surface area contributed by atoms with Crippen molar-refractivity contribution in [2.24, 2.45) is 34.0 Å². The van der Waals surface area contributed by atoms with Crippen LogP contribution in [0.25, 0.3) is 0 Å². The third-order valence-electron chi connectivity index (χ3n) is 8.62. The Morgan fingerprint density at radius 3 is 2.76 bits per heavy atom. The van der Waals surface area contributed by atoms with Gasteiger partial charge in [0, 0.05) is 5.41 Å². The van der Waals surface area contributed by atoms with Crippen LogP contribution in [0.5, 0.6) is 0 Å². The van der Waals surface area contributed by atoms with E-state index in [9.17, 15) is 4.79 Å². The van der Waals surface area contributed by atoms with Crippen LogP contribution in [-0.4, -0.2) is 6.29 Å². The van der Waals surface area contributed by atoms with Crippen LogP contribution in [0, 0.1) is 34.0 Å². The van der Waals surface area contributed by atoms with E-state index in [1.54, 1.807) is 0 Å². The summed E-state index contributed by atoms with van der Waals surface area (Å²) in [6, 6.07) is 0. The summed E-state index contributed by atoms with van der Waals surface area (Å²) in [7, 11) is 0. The lowest BCUT2D eigenvalue weighted by Crippen LogP contribution is -2.58. The Kier molecular flexibility index (Phi) is 2.83. The normalized spacial score (nSPS) is 55.7. The molecule has 4 aliphatic rings. The van der Waals surface area contributed by atoms with Gasteiger partial charge in [-0.15, -0.1) is 0 Å². The van der Waals surface area contributed by atoms with E-state index < -0.39 is 0 Å². The quantitative estimate of drug-likeness (QED) is 0.481. The van der Waals surface area contributed by atoms with E-state index in [2.05, 4.69) is 20.4 Å². The van der Waals surface area contributed by atoms with Crippen LogP contribution in [0.1, 0.15) is 71.6 Å². The second-order valence-electron chi connectivity index (χ2n) is 9.17. The van der Waals surface area contributed by atoms with Crippen molar-refractivity contribution in [3.8, 4) is 0 Å². The molecule has 1 nitrogen and oxygen atoms in total. The van der Waals surface area contributed by atoms with Crippen LogP contribution in [0.2, 0.25) is 0 Å². The number of fused-ring (bicyclic) bond motifs is 2. The number of rotatable bonds is 1. The second-order valence-corrected chi connectivity index (χ2v) is 9.17. The number of carbonyl (C=O) groups excluding carboxylic acids is 1. The van der Waals surface area contributed by atoms with Crippen LogP contribution in [0.15, 0.2) is 12.2 Å². The zero-order chi connectivity index (χ0) is 14.9. The lowest BCUT2D eigenvalue weighted by atomic mass is 9.40. The van der Waals surface area contributed by atoms with Crippen LogP contribution < -0.4 is 0 Å². The van der Waals surface area contributed by atoms with Crippen molar-refractivity contribution in [2.75, 3.05) is 0 Å². The zero-order valence-corrected chi connectivity index (χ0v) is 13.8. The van der Waals surface area contributed by atoms with Gasteiger partial charge in [0.1, 0.15) is 6.29 Å². The number of carbonyl (C=O) groups is 1. The number of hydrogen-bond donors (Lipinski definition) is 0. The molecule has 4 saturated carbocycles. The van der Waals surface area contributed by atoms with E-state index in [0.717, 1.165) is 18.3 Å². The molecule has 1 heteroatoms. The number of hydrogen-bond acceptors (Lipinski definition) is 1. The molecule has 21 heavy (non-hydrogen) atoms. The first-order valence-corrected chi connectivity index (χ1v) is 9.09. The zero-order valence-electron chi connectivity index (χ0n) is 13.8. The highest BCUT2D eigenvalue weighted by atomic mass is 16.1. The smallest absolute Gasteiger partial charge is 0.126 e. The molecule has 2 bridgehead atoms. The van der Waals surface area contributed by atoms with Crippen molar-refractivity contribution < 1.29 is 4.79 Å². The first kappa shape index (κ1) is 14.0. The lowest BCUT2D eigenvalue weighted by Gasteiger charge is -2.64. The molecule has 0 aromatic rings. The monoisotopic (exact) mass is 286 g/mol. The summed E-state index contributed by atoms with van der Waals surface area (Å²) in [6.45, 7) is 9.19. The molecule has 6 atom stereocenters. The number of aldehydes is 1. The van der Waals surface area contributed by atoms with Crippen molar-refractivity contribution in [3.05, 3.63) is 12.2 Å². The van der Waals surface area contributed by atoms with Gasteiger partial charge >= 0.3 is 0 Å². The molecule has 0 heterocycles. The maximum Gasteiger partial charge on any atom is 0.126 e. The highest BCUT2D eigenvalue weighted by Gasteiger charge is 2.66. The fourth-order valence-electron chi connectivity index (χ4n) is 7.51. The van der Waals surface area contributed by atoms with E-state index >= 15 is 0 Å². The number of allylic oxidation sites excluding steroid dienone is 1. The van der Waals surface area contributed by atoms with Crippen LogP contribution >= 0.6 is 0 Å². The third kappa shape index (κ3) is 1.56.